The van der Waals surface area contributed by atoms with Gasteiger partial charge in [0.15, 0.2) is 0 Å². The van der Waals surface area contributed by atoms with Crippen LogP contribution in [0, 0.1) is 5.92 Å². The highest BCUT2D eigenvalue weighted by atomic mass is 19.4. The van der Waals surface area contributed by atoms with Crippen molar-refractivity contribution in [1.29, 1.82) is 0 Å². The third-order valence-electron chi connectivity index (χ3n) is 3.78. The van der Waals surface area contributed by atoms with E-state index < -0.39 is 11.7 Å². The van der Waals surface area contributed by atoms with E-state index in [0.29, 0.717) is 6.04 Å². The van der Waals surface area contributed by atoms with Crippen molar-refractivity contribution in [3.63, 3.8) is 0 Å². The number of benzene rings is 1. The Kier molecular flexibility index (Phi) is 4.19. The first-order valence-corrected chi connectivity index (χ1v) is 6.85. The Morgan fingerprint density at radius 2 is 1.89 bits per heavy atom. The predicted octanol–water partition coefficient (Wildman–Crippen LogP) is 4.54. The monoisotopic (exact) mass is 271 g/mol. The van der Waals surface area contributed by atoms with E-state index in [4.69, 9.17) is 0 Å². The quantitative estimate of drug-likeness (QED) is 0.828. The van der Waals surface area contributed by atoms with Crippen LogP contribution in [0.1, 0.15) is 50.3 Å². The molecule has 1 saturated carbocycles. The standard InChI is InChI=1S/C15H20F3N/c1-3-4-12-9-14(12)19-10(2)11-5-7-13(8-6-11)15(16,17)18/h5-8,10,12,14,19H,3-4,9H2,1-2H3. The molecular weight excluding hydrogens is 251 g/mol. The molecular formula is C15H20F3N. The molecule has 19 heavy (non-hydrogen) atoms. The molecule has 4 heteroatoms. The highest BCUT2D eigenvalue weighted by molar-refractivity contribution is 5.26. The molecule has 106 valence electrons. The van der Waals surface area contributed by atoms with Crippen molar-refractivity contribution in [2.24, 2.45) is 5.92 Å². The molecule has 1 aromatic carbocycles. The lowest BCUT2D eigenvalue weighted by Crippen LogP contribution is -2.22. The fourth-order valence-electron chi connectivity index (χ4n) is 2.52. The molecule has 0 aliphatic heterocycles. The molecule has 1 aliphatic carbocycles. The van der Waals surface area contributed by atoms with Crippen LogP contribution in [0.25, 0.3) is 0 Å². The molecule has 0 amide bonds. The Morgan fingerprint density at radius 3 is 2.42 bits per heavy atom. The van der Waals surface area contributed by atoms with Crippen molar-refractivity contribution in [1.82, 2.24) is 5.32 Å². The van der Waals surface area contributed by atoms with Gasteiger partial charge in [0.25, 0.3) is 0 Å². The summed E-state index contributed by atoms with van der Waals surface area (Å²) in [7, 11) is 0. The van der Waals surface area contributed by atoms with E-state index in [1.54, 1.807) is 12.1 Å². The number of hydrogen-bond acceptors (Lipinski definition) is 1. The Labute approximate surface area is 112 Å². The normalized spacial score (nSPS) is 24.3. The summed E-state index contributed by atoms with van der Waals surface area (Å²) < 4.78 is 37.4. The SMILES string of the molecule is CCCC1CC1NC(C)c1ccc(C(F)(F)F)cc1. The lowest BCUT2D eigenvalue weighted by atomic mass is 10.1. The molecule has 1 fully saturated rings. The van der Waals surface area contributed by atoms with Gasteiger partial charge in [0, 0.05) is 12.1 Å². The van der Waals surface area contributed by atoms with E-state index in [1.807, 2.05) is 6.92 Å². The summed E-state index contributed by atoms with van der Waals surface area (Å²) in [4.78, 5) is 0. The third kappa shape index (κ3) is 3.72. The lowest BCUT2D eigenvalue weighted by molar-refractivity contribution is -0.137. The average molecular weight is 271 g/mol. The molecule has 0 radical (unpaired) electrons. The molecule has 0 bridgehead atoms. The van der Waals surface area contributed by atoms with E-state index in [1.165, 1.54) is 19.3 Å². The third-order valence-corrected chi connectivity index (χ3v) is 3.78. The molecule has 2 rings (SSSR count). The van der Waals surface area contributed by atoms with Crippen LogP contribution in [0.15, 0.2) is 24.3 Å². The number of alkyl halides is 3. The zero-order valence-corrected chi connectivity index (χ0v) is 11.3. The minimum absolute atomic E-state index is 0.106. The Morgan fingerprint density at radius 1 is 1.26 bits per heavy atom. The van der Waals surface area contributed by atoms with Crippen LogP contribution in [0.5, 0.6) is 0 Å². The molecule has 1 nitrogen and oxygen atoms in total. The van der Waals surface area contributed by atoms with Crippen LogP contribution in [0.3, 0.4) is 0 Å². The molecule has 0 aromatic heterocycles. The fraction of sp³-hybridized carbons (Fsp3) is 0.600. The van der Waals surface area contributed by atoms with Gasteiger partial charge in [-0.3, -0.25) is 0 Å². The van der Waals surface area contributed by atoms with Gasteiger partial charge in [-0.25, -0.2) is 0 Å². The van der Waals surface area contributed by atoms with Crippen LogP contribution < -0.4 is 5.32 Å². The average Bonchev–Trinajstić information content (AvgIpc) is 3.07. The minimum Gasteiger partial charge on any atom is -0.307 e. The van der Waals surface area contributed by atoms with Crippen molar-refractivity contribution in [2.75, 3.05) is 0 Å². The van der Waals surface area contributed by atoms with Crippen molar-refractivity contribution < 1.29 is 13.2 Å². The Balaban J connectivity index is 1.91. The minimum atomic E-state index is -4.25. The molecule has 1 N–H and O–H groups in total. The van der Waals surface area contributed by atoms with Crippen LogP contribution in [0.2, 0.25) is 0 Å². The van der Waals surface area contributed by atoms with Crippen LogP contribution in [-0.2, 0) is 6.18 Å². The van der Waals surface area contributed by atoms with E-state index in [2.05, 4.69) is 12.2 Å². The summed E-state index contributed by atoms with van der Waals surface area (Å²) in [5.41, 5.74) is 0.328. The summed E-state index contributed by atoms with van der Waals surface area (Å²) in [5, 5.41) is 3.48. The topological polar surface area (TPSA) is 12.0 Å². The number of hydrogen-bond donors (Lipinski definition) is 1. The van der Waals surface area contributed by atoms with Gasteiger partial charge in [0.1, 0.15) is 0 Å². The molecule has 3 atom stereocenters. The zero-order valence-electron chi connectivity index (χ0n) is 11.3. The van der Waals surface area contributed by atoms with Crippen molar-refractivity contribution in [3.8, 4) is 0 Å². The van der Waals surface area contributed by atoms with Crippen molar-refractivity contribution in [3.05, 3.63) is 35.4 Å². The maximum Gasteiger partial charge on any atom is 0.416 e. The molecule has 1 aliphatic rings. The zero-order chi connectivity index (χ0) is 14.0. The second kappa shape index (κ2) is 5.53. The first-order chi connectivity index (χ1) is 8.91. The first kappa shape index (κ1) is 14.4. The number of nitrogens with one attached hydrogen (secondary N) is 1. The van der Waals surface area contributed by atoms with E-state index >= 15 is 0 Å². The molecule has 1 aromatic rings. The Hall–Kier alpha value is -1.03. The van der Waals surface area contributed by atoms with Crippen LogP contribution >= 0.6 is 0 Å². The number of rotatable bonds is 5. The summed E-state index contributed by atoms with van der Waals surface area (Å²) in [6.07, 6.45) is -0.633. The molecule has 3 unspecified atom stereocenters. The fourth-order valence-corrected chi connectivity index (χ4v) is 2.52. The molecule has 0 heterocycles. The van der Waals surface area contributed by atoms with Crippen molar-refractivity contribution >= 4 is 0 Å². The number of halogens is 3. The predicted molar refractivity (Wildman–Crippen MR) is 69.8 cm³/mol. The molecule has 0 spiro atoms. The Bertz CT molecular complexity index is 410. The lowest BCUT2D eigenvalue weighted by Gasteiger charge is -2.15. The maximum atomic E-state index is 12.5. The summed E-state index contributed by atoms with van der Waals surface area (Å²) in [6.45, 7) is 4.18. The van der Waals surface area contributed by atoms with Crippen LogP contribution in [0.4, 0.5) is 13.2 Å². The van der Waals surface area contributed by atoms with E-state index in [-0.39, 0.29) is 6.04 Å². The second-order valence-corrected chi connectivity index (χ2v) is 5.40. The van der Waals surface area contributed by atoms with E-state index in [0.717, 1.165) is 23.6 Å². The molecule has 0 saturated heterocycles. The smallest absolute Gasteiger partial charge is 0.307 e. The van der Waals surface area contributed by atoms with Gasteiger partial charge in [0.2, 0.25) is 0 Å². The van der Waals surface area contributed by atoms with Gasteiger partial charge in [0.05, 0.1) is 5.56 Å². The van der Waals surface area contributed by atoms with Gasteiger partial charge < -0.3 is 5.32 Å². The summed E-state index contributed by atoms with van der Waals surface area (Å²) in [6, 6.07) is 6.09. The first-order valence-electron chi connectivity index (χ1n) is 6.85. The van der Waals surface area contributed by atoms with Gasteiger partial charge in [-0.1, -0.05) is 25.5 Å². The second-order valence-electron chi connectivity index (χ2n) is 5.40. The van der Waals surface area contributed by atoms with Gasteiger partial charge in [-0.15, -0.1) is 0 Å². The van der Waals surface area contributed by atoms with Gasteiger partial charge in [-0.2, -0.15) is 13.2 Å². The van der Waals surface area contributed by atoms with Gasteiger partial charge in [-0.05, 0) is 43.4 Å². The summed E-state index contributed by atoms with van der Waals surface area (Å²) in [5.74, 6) is 0.752. The van der Waals surface area contributed by atoms with E-state index in [9.17, 15) is 13.2 Å². The summed E-state index contributed by atoms with van der Waals surface area (Å²) >= 11 is 0. The van der Waals surface area contributed by atoms with Crippen LogP contribution in [-0.4, -0.2) is 6.04 Å². The van der Waals surface area contributed by atoms with Crippen molar-refractivity contribution in [2.45, 2.75) is 51.4 Å². The highest BCUT2D eigenvalue weighted by Crippen LogP contribution is 2.36. The largest absolute Gasteiger partial charge is 0.416 e. The maximum absolute atomic E-state index is 12.5. The van der Waals surface area contributed by atoms with Gasteiger partial charge >= 0.3 is 6.18 Å². The highest BCUT2D eigenvalue weighted by Gasteiger charge is 2.36.